The van der Waals surface area contributed by atoms with Crippen LogP contribution in [0.4, 0.5) is 11.4 Å². The molecule has 0 spiro atoms. The van der Waals surface area contributed by atoms with Gasteiger partial charge in [0.2, 0.25) is 0 Å². The Labute approximate surface area is 116 Å². The summed E-state index contributed by atoms with van der Waals surface area (Å²) in [5.41, 5.74) is 4.80. The van der Waals surface area contributed by atoms with Gasteiger partial charge in [-0.2, -0.15) is 5.26 Å². The number of rotatable bonds is 3. The second-order valence-electron chi connectivity index (χ2n) is 3.91. The number of nitro groups is 1. The number of nitriles is 1. The van der Waals surface area contributed by atoms with Crippen LogP contribution in [0.5, 0.6) is 0 Å². The number of hydrogen-bond donors (Lipinski definition) is 2. The quantitative estimate of drug-likeness (QED) is 0.383. The van der Waals surface area contributed by atoms with Gasteiger partial charge in [0.15, 0.2) is 0 Å². The Morgan fingerprint density at radius 1 is 1.25 bits per heavy atom. The minimum absolute atomic E-state index is 0.0910. The van der Waals surface area contributed by atoms with Crippen molar-refractivity contribution in [1.29, 1.82) is 5.26 Å². The van der Waals surface area contributed by atoms with Crippen molar-refractivity contribution in [2.24, 2.45) is 0 Å². The van der Waals surface area contributed by atoms with Crippen molar-refractivity contribution in [3.8, 4) is 6.07 Å². The van der Waals surface area contributed by atoms with Gasteiger partial charge in [0.1, 0.15) is 17.3 Å². The first-order chi connectivity index (χ1) is 9.56. The van der Waals surface area contributed by atoms with E-state index < -0.39 is 18.8 Å². The summed E-state index contributed by atoms with van der Waals surface area (Å²) in [6.45, 7) is 0. The topological polar surface area (TPSA) is 113 Å². The summed E-state index contributed by atoms with van der Waals surface area (Å²) in [4.78, 5) is 20.7. The van der Waals surface area contributed by atoms with Crippen LogP contribution in [0.15, 0.2) is 42.5 Å². The van der Waals surface area contributed by atoms with Crippen LogP contribution in [0.3, 0.4) is 0 Å². The lowest BCUT2D eigenvalue weighted by Crippen LogP contribution is -2.16. The Balaban J connectivity index is 2.62. The fraction of sp³-hybridized carbons (Fsp3) is 0. The summed E-state index contributed by atoms with van der Waals surface area (Å²) >= 11 is 0. The van der Waals surface area contributed by atoms with Crippen molar-refractivity contribution in [2.45, 2.75) is 0 Å². The predicted octanol–water partition coefficient (Wildman–Crippen LogP) is 1.39. The van der Waals surface area contributed by atoms with E-state index in [2.05, 4.69) is 0 Å². The molecule has 2 rings (SSSR count). The molecule has 6 nitrogen and oxygen atoms in total. The highest BCUT2D eigenvalue weighted by Gasteiger charge is 2.26. The number of nitrogens with two attached hydrogens (primary N) is 1. The van der Waals surface area contributed by atoms with E-state index in [0.717, 1.165) is 0 Å². The van der Waals surface area contributed by atoms with Gasteiger partial charge in [-0.1, -0.05) is 30.3 Å². The molecule has 0 aromatic heterocycles. The second kappa shape index (κ2) is 5.66. The molecule has 0 aliphatic rings. The molecular weight excluding hydrogens is 277 g/mol. The maximum absolute atomic E-state index is 11.0. The van der Waals surface area contributed by atoms with Crippen LogP contribution in [0, 0.1) is 21.4 Å². The van der Waals surface area contributed by atoms with Crippen LogP contribution >= 0.6 is 8.15 Å². The Bertz CT molecular complexity index is 698. The number of anilines is 1. The number of nitrogen functional groups attached to an aromatic ring is 1. The minimum atomic E-state index is -1.83. The Hall–Kier alpha value is -2.48. The van der Waals surface area contributed by atoms with Crippen LogP contribution < -0.4 is 16.3 Å². The molecule has 2 aromatic rings. The average Bonchev–Trinajstić information content (AvgIpc) is 2.46. The summed E-state index contributed by atoms with van der Waals surface area (Å²) < 4.78 is 0. The highest BCUT2D eigenvalue weighted by Crippen LogP contribution is 2.34. The van der Waals surface area contributed by atoms with Gasteiger partial charge in [0.05, 0.1) is 13.1 Å². The molecule has 0 aliphatic heterocycles. The minimum Gasteiger partial charge on any atom is -0.393 e. The van der Waals surface area contributed by atoms with Gasteiger partial charge in [-0.05, 0) is 12.1 Å². The fourth-order valence-corrected chi connectivity index (χ4v) is 3.10. The van der Waals surface area contributed by atoms with Crippen LogP contribution in [-0.4, -0.2) is 9.82 Å². The maximum Gasteiger partial charge on any atom is 0.310 e. The van der Waals surface area contributed by atoms with E-state index in [1.807, 2.05) is 0 Å². The standard InChI is InChI=1S/C13H10N3O3P/c14-8-10-12(7-6-11(15)13(10)16(17)18)20(19)9-4-2-1-3-5-9/h1-7,19H,15H2. The zero-order chi connectivity index (χ0) is 14.7. The number of nitro benzene ring substituents is 1. The molecule has 0 fully saturated rings. The number of hydrogen-bond acceptors (Lipinski definition) is 5. The van der Waals surface area contributed by atoms with Gasteiger partial charge in [0, 0.05) is 10.6 Å². The van der Waals surface area contributed by atoms with Crippen molar-refractivity contribution in [3.63, 3.8) is 0 Å². The molecule has 0 saturated heterocycles. The van der Waals surface area contributed by atoms with Crippen LogP contribution in [0.25, 0.3) is 0 Å². The average molecular weight is 287 g/mol. The summed E-state index contributed by atoms with van der Waals surface area (Å²) in [5.74, 6) is 0. The first-order valence-corrected chi connectivity index (χ1v) is 6.86. The molecule has 0 radical (unpaired) electrons. The molecule has 0 heterocycles. The van der Waals surface area contributed by atoms with Gasteiger partial charge < -0.3 is 10.6 Å². The van der Waals surface area contributed by atoms with E-state index in [0.29, 0.717) is 5.30 Å². The first kappa shape index (κ1) is 13.9. The molecule has 2 aromatic carbocycles. The van der Waals surface area contributed by atoms with Gasteiger partial charge in [-0.25, -0.2) is 0 Å². The summed E-state index contributed by atoms with van der Waals surface area (Å²) in [5, 5.41) is 21.0. The summed E-state index contributed by atoms with van der Waals surface area (Å²) in [6.07, 6.45) is 0. The van der Waals surface area contributed by atoms with E-state index in [1.165, 1.54) is 12.1 Å². The maximum atomic E-state index is 11.0. The van der Waals surface area contributed by atoms with E-state index in [-0.39, 0.29) is 16.6 Å². The molecule has 0 aliphatic carbocycles. The van der Waals surface area contributed by atoms with E-state index >= 15 is 0 Å². The van der Waals surface area contributed by atoms with Gasteiger partial charge in [-0.15, -0.1) is 0 Å². The monoisotopic (exact) mass is 287 g/mol. The van der Waals surface area contributed by atoms with E-state index in [1.54, 1.807) is 36.4 Å². The van der Waals surface area contributed by atoms with Gasteiger partial charge >= 0.3 is 5.69 Å². The highest BCUT2D eigenvalue weighted by molar-refractivity contribution is 7.67. The molecule has 3 N–H and O–H groups in total. The lowest BCUT2D eigenvalue weighted by Gasteiger charge is -2.13. The highest BCUT2D eigenvalue weighted by atomic mass is 31.1. The normalized spacial score (nSPS) is 11.6. The molecule has 0 bridgehead atoms. The molecule has 0 amide bonds. The SMILES string of the molecule is N#Cc1c(P(O)c2ccccc2)ccc(N)c1[N+](=O)[O-]. The van der Waals surface area contributed by atoms with Crippen molar-refractivity contribution in [2.75, 3.05) is 5.73 Å². The summed E-state index contributed by atoms with van der Waals surface area (Å²) in [6, 6.07) is 13.3. The van der Waals surface area contributed by atoms with Crippen molar-refractivity contribution in [3.05, 3.63) is 58.1 Å². The Morgan fingerprint density at radius 2 is 1.90 bits per heavy atom. The van der Waals surface area contributed by atoms with Crippen LogP contribution in [-0.2, 0) is 0 Å². The summed E-state index contributed by atoms with van der Waals surface area (Å²) in [7, 11) is -1.83. The third kappa shape index (κ3) is 2.45. The fourth-order valence-electron chi connectivity index (χ4n) is 1.79. The smallest absolute Gasteiger partial charge is 0.310 e. The van der Waals surface area contributed by atoms with Crippen molar-refractivity contribution in [1.82, 2.24) is 0 Å². The molecule has 100 valence electrons. The number of benzene rings is 2. The lowest BCUT2D eigenvalue weighted by atomic mass is 10.1. The molecule has 20 heavy (non-hydrogen) atoms. The van der Waals surface area contributed by atoms with Crippen LogP contribution in [0.2, 0.25) is 0 Å². The zero-order valence-corrected chi connectivity index (χ0v) is 11.1. The molecule has 0 saturated carbocycles. The second-order valence-corrected chi connectivity index (χ2v) is 5.54. The third-order valence-corrected chi connectivity index (χ3v) is 4.33. The van der Waals surface area contributed by atoms with E-state index in [9.17, 15) is 15.0 Å². The van der Waals surface area contributed by atoms with Gasteiger partial charge in [-0.3, -0.25) is 10.1 Å². The molecule has 1 atom stereocenters. The Kier molecular flexibility index (Phi) is 3.94. The first-order valence-electron chi connectivity index (χ1n) is 5.57. The third-order valence-electron chi connectivity index (χ3n) is 2.71. The molecule has 7 heteroatoms. The van der Waals surface area contributed by atoms with E-state index in [4.69, 9.17) is 11.0 Å². The molecular formula is C13H10N3O3P. The van der Waals surface area contributed by atoms with Gasteiger partial charge in [0.25, 0.3) is 0 Å². The Morgan fingerprint density at radius 3 is 2.45 bits per heavy atom. The predicted molar refractivity (Wildman–Crippen MR) is 77.1 cm³/mol. The molecule has 1 unspecified atom stereocenters. The number of nitrogens with zero attached hydrogens (tertiary/aromatic N) is 2. The largest absolute Gasteiger partial charge is 0.393 e. The lowest BCUT2D eigenvalue weighted by molar-refractivity contribution is -0.384. The van der Waals surface area contributed by atoms with Crippen molar-refractivity contribution < 1.29 is 9.82 Å². The van der Waals surface area contributed by atoms with Crippen molar-refractivity contribution >= 4 is 30.1 Å². The zero-order valence-electron chi connectivity index (χ0n) is 10.2. The van der Waals surface area contributed by atoms with Crippen LogP contribution in [0.1, 0.15) is 5.56 Å².